The first-order valence-corrected chi connectivity index (χ1v) is 12.5. The van der Waals surface area contributed by atoms with Crippen LogP contribution in [0, 0.1) is 0 Å². The molecule has 0 fully saturated rings. The van der Waals surface area contributed by atoms with Gasteiger partial charge in [0, 0.05) is 38.2 Å². The van der Waals surface area contributed by atoms with Gasteiger partial charge in [-0.2, -0.15) is 0 Å². The topological polar surface area (TPSA) is 9.86 Å². The molecule has 0 aliphatic heterocycles. The molecule has 0 saturated carbocycles. The Morgan fingerprint density at radius 2 is 1.17 bits per heavy atom. The number of hydrogen-bond donors (Lipinski definition) is 0. The lowest BCUT2D eigenvalue weighted by Gasteiger charge is -2.10. The van der Waals surface area contributed by atoms with Crippen LogP contribution in [0.1, 0.15) is 0 Å². The van der Waals surface area contributed by atoms with Gasteiger partial charge in [0.25, 0.3) is 0 Å². The Morgan fingerprint density at radius 3 is 1.94 bits per heavy atom. The number of fused-ring (bicyclic) bond motifs is 5. The van der Waals surface area contributed by atoms with Crippen LogP contribution >= 0.6 is 15.9 Å². The predicted octanol–water partition coefficient (Wildman–Crippen LogP) is 9.16. The van der Waals surface area contributed by atoms with Gasteiger partial charge in [0.2, 0.25) is 0 Å². The quantitative estimate of drug-likeness (QED) is 0.223. The number of benzene rings is 5. The smallest absolute Gasteiger partial charge is 0.0635 e. The Labute approximate surface area is 211 Å². The van der Waals surface area contributed by atoms with Crippen molar-refractivity contribution in [3.8, 4) is 22.5 Å². The van der Waals surface area contributed by atoms with Crippen molar-refractivity contribution in [2.45, 2.75) is 0 Å². The Morgan fingerprint density at radius 1 is 0.486 bits per heavy atom. The lowest BCUT2D eigenvalue weighted by Crippen LogP contribution is -1.94. The summed E-state index contributed by atoms with van der Waals surface area (Å²) in [5.74, 6) is 0. The van der Waals surface area contributed by atoms with Crippen LogP contribution in [0.3, 0.4) is 0 Å². The highest BCUT2D eigenvalue weighted by Gasteiger charge is 2.17. The molecule has 0 atom stereocenters. The fourth-order valence-electron chi connectivity index (χ4n) is 5.21. The van der Waals surface area contributed by atoms with E-state index in [1.807, 2.05) is 0 Å². The number of rotatable bonds is 3. The van der Waals surface area contributed by atoms with E-state index in [9.17, 15) is 0 Å². The average molecular weight is 513 g/mol. The van der Waals surface area contributed by atoms with Crippen molar-refractivity contribution >= 4 is 48.6 Å². The second-order valence-corrected chi connectivity index (χ2v) is 9.74. The molecule has 166 valence electrons. The normalized spacial score (nSPS) is 11.6. The first-order valence-electron chi connectivity index (χ1n) is 11.7. The highest BCUT2D eigenvalue weighted by atomic mass is 79.9. The molecule has 2 nitrogen and oxygen atoms in total. The molecule has 0 saturated heterocycles. The number of hydrogen-bond acceptors (Lipinski definition) is 0. The van der Waals surface area contributed by atoms with Gasteiger partial charge in [-0.15, -0.1) is 0 Å². The van der Waals surface area contributed by atoms with Crippen LogP contribution in [-0.4, -0.2) is 9.13 Å². The maximum absolute atomic E-state index is 3.68. The molecule has 0 bridgehead atoms. The standard InChI is InChI=1S/C32H21BrN2/c33-24-13-17-31-29(21-24)27-16-18-30-28(32(27)35(31)26-9-5-2-6-10-26)19-20-34(30)25-14-11-23(12-15-25)22-7-3-1-4-8-22/h1-21H. The maximum Gasteiger partial charge on any atom is 0.0635 e. The zero-order valence-electron chi connectivity index (χ0n) is 18.9. The minimum Gasteiger partial charge on any atom is -0.316 e. The molecule has 7 aromatic rings. The van der Waals surface area contributed by atoms with E-state index >= 15 is 0 Å². The largest absolute Gasteiger partial charge is 0.316 e. The summed E-state index contributed by atoms with van der Waals surface area (Å²) in [6, 6.07) is 43.3. The van der Waals surface area contributed by atoms with E-state index in [2.05, 4.69) is 153 Å². The number of nitrogens with zero attached hydrogens (tertiary/aromatic N) is 2. The summed E-state index contributed by atoms with van der Waals surface area (Å²) < 4.78 is 5.77. The first-order chi connectivity index (χ1) is 17.3. The van der Waals surface area contributed by atoms with E-state index in [0.29, 0.717) is 0 Å². The molecular weight excluding hydrogens is 492 g/mol. The molecule has 2 heterocycles. The van der Waals surface area contributed by atoms with Crippen LogP contribution in [0.4, 0.5) is 0 Å². The molecule has 0 radical (unpaired) electrons. The van der Waals surface area contributed by atoms with Crippen LogP contribution < -0.4 is 0 Å². The van der Waals surface area contributed by atoms with Gasteiger partial charge in [-0.3, -0.25) is 0 Å². The molecule has 0 unspecified atom stereocenters. The first kappa shape index (κ1) is 20.3. The van der Waals surface area contributed by atoms with Crippen molar-refractivity contribution in [2.24, 2.45) is 0 Å². The molecule has 0 aliphatic rings. The van der Waals surface area contributed by atoms with Gasteiger partial charge >= 0.3 is 0 Å². The van der Waals surface area contributed by atoms with Crippen molar-refractivity contribution in [3.05, 3.63) is 132 Å². The Kier molecular flexibility index (Phi) is 4.64. The molecule has 0 spiro atoms. The van der Waals surface area contributed by atoms with Gasteiger partial charge in [0.15, 0.2) is 0 Å². The molecule has 0 N–H and O–H groups in total. The fourth-order valence-corrected chi connectivity index (χ4v) is 5.58. The summed E-state index contributed by atoms with van der Waals surface area (Å²) >= 11 is 3.68. The van der Waals surface area contributed by atoms with Gasteiger partial charge in [0.1, 0.15) is 0 Å². The predicted molar refractivity (Wildman–Crippen MR) is 151 cm³/mol. The Bertz CT molecular complexity index is 1830. The van der Waals surface area contributed by atoms with E-state index in [1.165, 1.54) is 49.5 Å². The lowest BCUT2D eigenvalue weighted by molar-refractivity contribution is 1.13. The van der Waals surface area contributed by atoms with E-state index < -0.39 is 0 Å². The fraction of sp³-hybridized carbons (Fsp3) is 0. The second-order valence-electron chi connectivity index (χ2n) is 8.83. The number of aromatic nitrogens is 2. The molecule has 0 aliphatic carbocycles. The summed E-state index contributed by atoms with van der Waals surface area (Å²) in [6.07, 6.45) is 2.19. The summed E-state index contributed by atoms with van der Waals surface area (Å²) in [6.45, 7) is 0. The Hall–Kier alpha value is -4.08. The summed E-state index contributed by atoms with van der Waals surface area (Å²) in [4.78, 5) is 0. The van der Waals surface area contributed by atoms with Gasteiger partial charge in [0.05, 0.1) is 16.6 Å². The molecule has 5 aromatic carbocycles. The van der Waals surface area contributed by atoms with Crippen molar-refractivity contribution in [1.82, 2.24) is 9.13 Å². The molecule has 35 heavy (non-hydrogen) atoms. The third-order valence-electron chi connectivity index (χ3n) is 6.82. The van der Waals surface area contributed by atoms with E-state index in [0.717, 1.165) is 10.2 Å². The summed E-state index contributed by atoms with van der Waals surface area (Å²) in [5.41, 5.74) is 8.43. The van der Waals surface area contributed by atoms with Crippen LogP contribution in [0.5, 0.6) is 0 Å². The third kappa shape index (κ3) is 3.23. The SMILES string of the molecule is Brc1ccc2c(c1)c1ccc3c(ccn3-c3ccc(-c4ccccc4)cc3)c1n2-c1ccccc1. The zero-order valence-corrected chi connectivity index (χ0v) is 20.5. The lowest BCUT2D eigenvalue weighted by atomic mass is 10.1. The molecule has 2 aromatic heterocycles. The third-order valence-corrected chi connectivity index (χ3v) is 7.32. The highest BCUT2D eigenvalue weighted by Crippen LogP contribution is 2.38. The van der Waals surface area contributed by atoms with Gasteiger partial charge < -0.3 is 9.13 Å². The number of para-hydroxylation sites is 1. The van der Waals surface area contributed by atoms with Gasteiger partial charge in [-0.05, 0) is 65.7 Å². The van der Waals surface area contributed by atoms with Crippen molar-refractivity contribution in [3.63, 3.8) is 0 Å². The minimum absolute atomic E-state index is 1.09. The van der Waals surface area contributed by atoms with E-state index in [-0.39, 0.29) is 0 Å². The van der Waals surface area contributed by atoms with Gasteiger partial charge in [-0.25, -0.2) is 0 Å². The molecule has 7 rings (SSSR count). The highest BCUT2D eigenvalue weighted by molar-refractivity contribution is 9.10. The van der Waals surface area contributed by atoms with E-state index in [4.69, 9.17) is 0 Å². The van der Waals surface area contributed by atoms with Crippen molar-refractivity contribution in [2.75, 3.05) is 0 Å². The van der Waals surface area contributed by atoms with E-state index in [1.54, 1.807) is 0 Å². The zero-order chi connectivity index (χ0) is 23.4. The summed E-state index contributed by atoms with van der Waals surface area (Å²) in [5, 5.41) is 3.75. The Balaban J connectivity index is 1.47. The van der Waals surface area contributed by atoms with Crippen LogP contribution in [0.15, 0.2) is 132 Å². The van der Waals surface area contributed by atoms with Crippen LogP contribution in [-0.2, 0) is 0 Å². The van der Waals surface area contributed by atoms with Crippen LogP contribution in [0.25, 0.3) is 55.2 Å². The molecular formula is C32H21BrN2. The summed E-state index contributed by atoms with van der Waals surface area (Å²) in [7, 11) is 0. The van der Waals surface area contributed by atoms with Crippen molar-refractivity contribution in [1.29, 1.82) is 0 Å². The van der Waals surface area contributed by atoms with Gasteiger partial charge in [-0.1, -0.05) is 82.7 Å². The van der Waals surface area contributed by atoms with Crippen LogP contribution in [0.2, 0.25) is 0 Å². The second kappa shape index (κ2) is 8.00. The molecule has 3 heteroatoms. The number of halogens is 1. The monoisotopic (exact) mass is 512 g/mol. The molecule has 0 amide bonds. The maximum atomic E-state index is 3.68. The average Bonchev–Trinajstić information content (AvgIpc) is 3.49. The minimum atomic E-state index is 1.09. The van der Waals surface area contributed by atoms with Crippen molar-refractivity contribution < 1.29 is 0 Å².